The first kappa shape index (κ1) is 10.1. The van der Waals surface area contributed by atoms with Crippen LogP contribution >= 0.6 is 0 Å². The lowest BCUT2D eigenvalue weighted by Gasteiger charge is -1.95. The van der Waals surface area contributed by atoms with E-state index in [4.69, 9.17) is 9.26 Å². The van der Waals surface area contributed by atoms with E-state index in [1.807, 2.05) is 7.05 Å². The van der Waals surface area contributed by atoms with E-state index < -0.39 is 0 Å². The fourth-order valence-electron chi connectivity index (χ4n) is 0.880. The van der Waals surface area contributed by atoms with Gasteiger partial charge in [0.05, 0.1) is 6.54 Å². The molecule has 0 unspecified atom stereocenters. The number of hydrogen-bond acceptors (Lipinski definition) is 5. The van der Waals surface area contributed by atoms with Crippen LogP contribution in [0.5, 0.6) is 0 Å². The van der Waals surface area contributed by atoms with E-state index in [-0.39, 0.29) is 0 Å². The van der Waals surface area contributed by atoms with Crippen LogP contribution in [0.4, 0.5) is 0 Å². The number of nitrogens with one attached hydrogen (secondary N) is 1. The maximum atomic E-state index is 5.25. The van der Waals surface area contributed by atoms with Crippen LogP contribution in [0.15, 0.2) is 4.52 Å². The zero-order valence-corrected chi connectivity index (χ0v) is 8.04. The van der Waals surface area contributed by atoms with Crippen molar-refractivity contribution in [2.75, 3.05) is 13.7 Å². The van der Waals surface area contributed by atoms with Crippen molar-refractivity contribution in [2.24, 2.45) is 0 Å². The van der Waals surface area contributed by atoms with Gasteiger partial charge in [0.1, 0.15) is 6.61 Å². The summed E-state index contributed by atoms with van der Waals surface area (Å²) in [6, 6.07) is 0. The van der Waals surface area contributed by atoms with Gasteiger partial charge >= 0.3 is 0 Å². The minimum absolute atomic E-state index is 0.432. The number of ether oxygens (including phenoxy) is 1. The first-order valence-corrected chi connectivity index (χ1v) is 4.40. The van der Waals surface area contributed by atoms with Gasteiger partial charge in [-0.3, -0.25) is 0 Å². The normalized spacial score (nSPS) is 10.6. The van der Waals surface area contributed by atoms with Gasteiger partial charge < -0.3 is 14.6 Å². The zero-order valence-electron chi connectivity index (χ0n) is 8.04. The van der Waals surface area contributed by atoms with Gasteiger partial charge in [0.15, 0.2) is 5.82 Å². The monoisotopic (exact) mass is 185 g/mol. The lowest BCUT2D eigenvalue weighted by molar-refractivity contribution is 0.114. The van der Waals surface area contributed by atoms with Crippen LogP contribution in [-0.2, 0) is 17.9 Å². The Bertz CT molecular complexity index is 237. The second kappa shape index (κ2) is 5.66. The summed E-state index contributed by atoms with van der Waals surface area (Å²) in [7, 11) is 1.83. The molecule has 0 atom stereocenters. The Morgan fingerprint density at radius 2 is 2.38 bits per heavy atom. The summed E-state index contributed by atoms with van der Waals surface area (Å²) >= 11 is 0. The molecule has 13 heavy (non-hydrogen) atoms. The summed E-state index contributed by atoms with van der Waals surface area (Å²) < 4.78 is 10.2. The molecule has 0 saturated heterocycles. The largest absolute Gasteiger partial charge is 0.373 e. The topological polar surface area (TPSA) is 60.2 Å². The summed E-state index contributed by atoms with van der Waals surface area (Å²) in [5, 5.41) is 6.68. The van der Waals surface area contributed by atoms with Gasteiger partial charge in [-0.1, -0.05) is 12.1 Å². The van der Waals surface area contributed by atoms with Crippen molar-refractivity contribution >= 4 is 0 Å². The van der Waals surface area contributed by atoms with Crippen molar-refractivity contribution in [1.82, 2.24) is 15.5 Å². The highest BCUT2D eigenvalue weighted by Crippen LogP contribution is 1.98. The SMILES string of the molecule is CCCOCc1noc(CNC)n1. The minimum Gasteiger partial charge on any atom is -0.373 e. The summed E-state index contributed by atoms with van der Waals surface area (Å²) in [6.07, 6.45) is 1.00. The molecule has 0 spiro atoms. The molecule has 0 aliphatic carbocycles. The highest BCUT2D eigenvalue weighted by molar-refractivity contribution is 4.83. The van der Waals surface area contributed by atoms with Gasteiger partial charge in [0, 0.05) is 6.61 Å². The van der Waals surface area contributed by atoms with Crippen molar-refractivity contribution in [1.29, 1.82) is 0 Å². The number of nitrogens with zero attached hydrogens (tertiary/aromatic N) is 2. The van der Waals surface area contributed by atoms with Crippen LogP contribution in [0, 0.1) is 0 Å². The average Bonchev–Trinajstić information content (AvgIpc) is 2.54. The Morgan fingerprint density at radius 1 is 1.54 bits per heavy atom. The molecule has 1 aromatic rings. The van der Waals surface area contributed by atoms with Crippen molar-refractivity contribution in [2.45, 2.75) is 26.5 Å². The molecule has 1 rings (SSSR count). The van der Waals surface area contributed by atoms with Crippen LogP contribution in [0.1, 0.15) is 25.1 Å². The highest BCUT2D eigenvalue weighted by atomic mass is 16.5. The fraction of sp³-hybridized carbons (Fsp3) is 0.750. The predicted molar refractivity (Wildman–Crippen MR) is 47.0 cm³/mol. The van der Waals surface area contributed by atoms with Gasteiger partial charge in [-0.05, 0) is 13.5 Å². The molecule has 1 N–H and O–H groups in total. The second-order valence-electron chi connectivity index (χ2n) is 2.69. The van der Waals surface area contributed by atoms with Gasteiger partial charge in [0.2, 0.25) is 5.89 Å². The zero-order chi connectivity index (χ0) is 9.52. The first-order chi connectivity index (χ1) is 6.36. The Labute approximate surface area is 77.5 Å². The van der Waals surface area contributed by atoms with Gasteiger partial charge in [-0.2, -0.15) is 4.98 Å². The maximum absolute atomic E-state index is 5.25. The van der Waals surface area contributed by atoms with E-state index in [2.05, 4.69) is 22.4 Å². The molecule has 5 nitrogen and oxygen atoms in total. The fourth-order valence-corrected chi connectivity index (χ4v) is 0.880. The molecule has 1 heterocycles. The van der Waals surface area contributed by atoms with Gasteiger partial charge in [-0.15, -0.1) is 0 Å². The van der Waals surface area contributed by atoms with E-state index >= 15 is 0 Å². The number of rotatable bonds is 6. The molecule has 1 aromatic heterocycles. The summed E-state index contributed by atoms with van der Waals surface area (Å²) in [5.41, 5.74) is 0. The van der Waals surface area contributed by atoms with Gasteiger partial charge in [0.25, 0.3) is 0 Å². The molecule has 0 radical (unpaired) electrons. The number of hydrogen-bond donors (Lipinski definition) is 1. The lowest BCUT2D eigenvalue weighted by atomic mass is 10.5. The van der Waals surface area contributed by atoms with E-state index in [9.17, 15) is 0 Å². The number of aromatic nitrogens is 2. The molecule has 0 fully saturated rings. The summed E-state index contributed by atoms with van der Waals surface area (Å²) in [6.45, 7) is 3.82. The molecule has 5 heteroatoms. The van der Waals surface area contributed by atoms with E-state index in [0.717, 1.165) is 13.0 Å². The van der Waals surface area contributed by atoms with Crippen molar-refractivity contribution in [3.8, 4) is 0 Å². The molecule has 74 valence electrons. The molecule has 0 saturated carbocycles. The highest BCUT2D eigenvalue weighted by Gasteiger charge is 2.04. The summed E-state index contributed by atoms with van der Waals surface area (Å²) in [5.74, 6) is 1.20. The quantitative estimate of drug-likeness (QED) is 0.661. The standard InChI is InChI=1S/C8H15N3O2/c1-3-4-12-6-7-10-8(5-9-2)13-11-7/h9H,3-6H2,1-2H3. The predicted octanol–water partition coefficient (Wildman–Crippen LogP) is 0.716. The third-order valence-electron chi connectivity index (χ3n) is 1.42. The van der Waals surface area contributed by atoms with Crippen molar-refractivity contribution in [3.05, 3.63) is 11.7 Å². The summed E-state index contributed by atoms with van der Waals surface area (Å²) in [4.78, 5) is 4.11. The van der Waals surface area contributed by atoms with E-state index in [1.165, 1.54) is 0 Å². The Kier molecular flexibility index (Phi) is 4.42. The Hall–Kier alpha value is -0.940. The van der Waals surface area contributed by atoms with Crippen LogP contribution in [0.3, 0.4) is 0 Å². The second-order valence-corrected chi connectivity index (χ2v) is 2.69. The first-order valence-electron chi connectivity index (χ1n) is 4.40. The maximum Gasteiger partial charge on any atom is 0.240 e. The molecular weight excluding hydrogens is 170 g/mol. The Balaban J connectivity index is 2.31. The smallest absolute Gasteiger partial charge is 0.240 e. The van der Waals surface area contributed by atoms with Crippen LogP contribution in [-0.4, -0.2) is 23.8 Å². The molecule has 0 aliphatic heterocycles. The average molecular weight is 185 g/mol. The molecule has 0 bridgehead atoms. The molecule has 0 aliphatic rings. The van der Waals surface area contributed by atoms with Crippen LogP contribution in [0.25, 0.3) is 0 Å². The van der Waals surface area contributed by atoms with Gasteiger partial charge in [-0.25, -0.2) is 0 Å². The molecular formula is C8H15N3O2. The third-order valence-corrected chi connectivity index (χ3v) is 1.42. The third kappa shape index (κ3) is 3.52. The van der Waals surface area contributed by atoms with Crippen LogP contribution < -0.4 is 5.32 Å². The van der Waals surface area contributed by atoms with Crippen LogP contribution in [0.2, 0.25) is 0 Å². The molecule has 0 amide bonds. The minimum atomic E-state index is 0.432. The van der Waals surface area contributed by atoms with Crippen molar-refractivity contribution < 1.29 is 9.26 Å². The van der Waals surface area contributed by atoms with E-state index in [1.54, 1.807) is 0 Å². The van der Waals surface area contributed by atoms with E-state index in [0.29, 0.717) is 24.9 Å². The molecule has 0 aromatic carbocycles. The lowest BCUT2D eigenvalue weighted by Crippen LogP contribution is -2.05. The Morgan fingerprint density at radius 3 is 3.08 bits per heavy atom. The van der Waals surface area contributed by atoms with Crippen molar-refractivity contribution in [3.63, 3.8) is 0 Å².